The third-order valence-corrected chi connectivity index (χ3v) is 3.37. The molecule has 0 atom stereocenters. The molecule has 0 spiro atoms. The van der Waals surface area contributed by atoms with Crippen molar-refractivity contribution in [3.8, 4) is 0 Å². The van der Waals surface area contributed by atoms with Gasteiger partial charge in [0.1, 0.15) is 0 Å². The number of aromatic nitrogens is 3. The highest BCUT2D eigenvalue weighted by molar-refractivity contribution is 6.04. The van der Waals surface area contributed by atoms with E-state index in [2.05, 4.69) is 15.4 Å². The number of aryl methyl sites for hydroxylation is 1. The van der Waals surface area contributed by atoms with Gasteiger partial charge in [-0.25, -0.2) is 4.68 Å². The van der Waals surface area contributed by atoms with Crippen molar-refractivity contribution in [2.24, 2.45) is 7.05 Å². The van der Waals surface area contributed by atoms with Crippen LogP contribution in [0.4, 0.5) is 0 Å². The lowest BCUT2D eigenvalue weighted by Crippen LogP contribution is -2.29. The average molecular weight is 294 g/mol. The summed E-state index contributed by atoms with van der Waals surface area (Å²) in [7, 11) is 1.54. The maximum Gasteiger partial charge on any atom is 0.274 e. The number of nitrogens with zero attached hydrogens (tertiary/aromatic N) is 3. The summed E-state index contributed by atoms with van der Waals surface area (Å²) in [5, 5.41) is 7.94. The van der Waals surface area contributed by atoms with E-state index in [0.29, 0.717) is 17.3 Å². The Balaban J connectivity index is 1.94. The molecular weight excluding hydrogens is 280 g/mol. The Hall–Kier alpha value is -3.02. The number of hydrogen-bond acceptors (Lipinski definition) is 4. The number of carbonyl (C=O) groups excluding carboxylic acids is 1. The first-order valence-corrected chi connectivity index (χ1v) is 6.80. The maximum absolute atomic E-state index is 12.4. The minimum absolute atomic E-state index is 0.221. The predicted octanol–water partition coefficient (Wildman–Crippen LogP) is 1.26. The normalized spacial score (nSPS) is 10.6. The molecule has 0 aliphatic carbocycles. The van der Waals surface area contributed by atoms with Crippen LogP contribution in [-0.2, 0) is 13.6 Å². The maximum atomic E-state index is 12.4. The SMILES string of the molecule is Cn1nc(C(=O)NCc2ccncc2)c2ccccc2c1=O. The zero-order valence-electron chi connectivity index (χ0n) is 12.0. The highest BCUT2D eigenvalue weighted by atomic mass is 16.2. The minimum Gasteiger partial charge on any atom is -0.347 e. The molecule has 2 heterocycles. The van der Waals surface area contributed by atoms with E-state index < -0.39 is 0 Å². The highest BCUT2D eigenvalue weighted by Crippen LogP contribution is 2.13. The largest absolute Gasteiger partial charge is 0.347 e. The van der Waals surface area contributed by atoms with Gasteiger partial charge < -0.3 is 5.32 Å². The van der Waals surface area contributed by atoms with Crippen LogP contribution in [0.2, 0.25) is 0 Å². The van der Waals surface area contributed by atoms with E-state index >= 15 is 0 Å². The molecule has 0 fully saturated rings. The Kier molecular flexibility index (Phi) is 3.65. The summed E-state index contributed by atoms with van der Waals surface area (Å²) in [6, 6.07) is 10.6. The lowest BCUT2D eigenvalue weighted by atomic mass is 10.1. The van der Waals surface area contributed by atoms with Crippen LogP contribution in [0.15, 0.2) is 53.6 Å². The van der Waals surface area contributed by atoms with Gasteiger partial charge in [-0.1, -0.05) is 18.2 Å². The van der Waals surface area contributed by atoms with Crippen molar-refractivity contribution < 1.29 is 4.79 Å². The summed E-state index contributed by atoms with van der Waals surface area (Å²) in [5.74, 6) is -0.316. The standard InChI is InChI=1S/C16H14N4O2/c1-20-16(22)13-5-3-2-4-12(13)14(19-20)15(21)18-10-11-6-8-17-9-7-11/h2-9H,10H2,1H3,(H,18,21). The number of pyridine rings is 1. The Labute approximate surface area is 126 Å². The molecule has 110 valence electrons. The molecule has 1 amide bonds. The number of carbonyl (C=O) groups is 1. The van der Waals surface area contributed by atoms with E-state index in [-0.39, 0.29) is 17.2 Å². The number of amides is 1. The fourth-order valence-corrected chi connectivity index (χ4v) is 2.23. The van der Waals surface area contributed by atoms with Crippen molar-refractivity contribution in [3.63, 3.8) is 0 Å². The predicted molar refractivity (Wildman–Crippen MR) is 82.4 cm³/mol. The van der Waals surface area contributed by atoms with Crippen molar-refractivity contribution in [2.75, 3.05) is 0 Å². The summed E-state index contributed by atoms with van der Waals surface area (Å²) >= 11 is 0. The Morgan fingerprint density at radius 3 is 2.55 bits per heavy atom. The van der Waals surface area contributed by atoms with E-state index in [0.717, 1.165) is 5.56 Å². The van der Waals surface area contributed by atoms with Crippen LogP contribution in [0.25, 0.3) is 10.8 Å². The number of fused-ring (bicyclic) bond motifs is 1. The van der Waals surface area contributed by atoms with E-state index in [1.54, 1.807) is 36.7 Å². The molecule has 3 aromatic rings. The van der Waals surface area contributed by atoms with Gasteiger partial charge in [-0.15, -0.1) is 0 Å². The summed E-state index contributed by atoms with van der Waals surface area (Å²) in [6.45, 7) is 0.375. The molecule has 1 aromatic carbocycles. The Morgan fingerprint density at radius 2 is 1.82 bits per heavy atom. The van der Waals surface area contributed by atoms with Gasteiger partial charge in [0.25, 0.3) is 11.5 Å². The van der Waals surface area contributed by atoms with Gasteiger partial charge in [0.2, 0.25) is 0 Å². The quantitative estimate of drug-likeness (QED) is 0.789. The Morgan fingerprint density at radius 1 is 1.14 bits per heavy atom. The third-order valence-electron chi connectivity index (χ3n) is 3.37. The average Bonchev–Trinajstić information content (AvgIpc) is 2.57. The molecule has 0 saturated heterocycles. The van der Waals surface area contributed by atoms with Crippen LogP contribution in [0.3, 0.4) is 0 Å². The lowest BCUT2D eigenvalue weighted by Gasteiger charge is -2.08. The molecule has 0 bridgehead atoms. The van der Waals surface area contributed by atoms with Crippen LogP contribution in [-0.4, -0.2) is 20.7 Å². The van der Waals surface area contributed by atoms with Crippen molar-refractivity contribution in [1.82, 2.24) is 20.1 Å². The monoisotopic (exact) mass is 294 g/mol. The van der Waals surface area contributed by atoms with Gasteiger partial charge in [0.15, 0.2) is 5.69 Å². The van der Waals surface area contributed by atoms with E-state index in [1.807, 2.05) is 12.1 Å². The summed E-state index contributed by atoms with van der Waals surface area (Å²) < 4.78 is 1.18. The van der Waals surface area contributed by atoms with Crippen LogP contribution >= 0.6 is 0 Å². The van der Waals surface area contributed by atoms with E-state index in [4.69, 9.17) is 0 Å². The second kappa shape index (κ2) is 5.77. The molecule has 6 nitrogen and oxygen atoms in total. The Bertz CT molecular complexity index is 888. The summed E-state index contributed by atoms with van der Waals surface area (Å²) in [5.41, 5.74) is 0.963. The number of nitrogens with one attached hydrogen (secondary N) is 1. The van der Waals surface area contributed by atoms with Crippen molar-refractivity contribution in [1.29, 1.82) is 0 Å². The molecule has 0 unspecified atom stereocenters. The number of hydrogen-bond donors (Lipinski definition) is 1. The first kappa shape index (κ1) is 13.9. The summed E-state index contributed by atoms with van der Waals surface area (Å²) in [4.78, 5) is 28.4. The third kappa shape index (κ3) is 2.58. The van der Waals surface area contributed by atoms with Crippen LogP contribution in [0, 0.1) is 0 Å². The van der Waals surface area contributed by atoms with Gasteiger partial charge in [-0.2, -0.15) is 5.10 Å². The summed E-state index contributed by atoms with van der Waals surface area (Å²) in [6.07, 6.45) is 3.34. The molecule has 0 aliphatic heterocycles. The molecule has 0 radical (unpaired) electrons. The first-order chi connectivity index (χ1) is 10.7. The van der Waals surface area contributed by atoms with Crippen molar-refractivity contribution in [3.05, 3.63) is 70.4 Å². The molecule has 3 rings (SSSR count). The topological polar surface area (TPSA) is 76.9 Å². The van der Waals surface area contributed by atoms with Gasteiger partial charge >= 0.3 is 0 Å². The lowest BCUT2D eigenvalue weighted by molar-refractivity contribution is 0.0945. The van der Waals surface area contributed by atoms with Gasteiger partial charge in [0, 0.05) is 31.4 Å². The molecule has 0 aliphatic rings. The minimum atomic E-state index is -0.316. The smallest absolute Gasteiger partial charge is 0.274 e. The zero-order chi connectivity index (χ0) is 15.5. The van der Waals surface area contributed by atoms with Gasteiger partial charge in [0.05, 0.1) is 5.39 Å². The second-order valence-corrected chi connectivity index (χ2v) is 4.86. The molecule has 22 heavy (non-hydrogen) atoms. The second-order valence-electron chi connectivity index (χ2n) is 4.86. The number of benzene rings is 1. The van der Waals surface area contributed by atoms with Crippen LogP contribution in [0.1, 0.15) is 16.1 Å². The molecule has 0 saturated carbocycles. The van der Waals surface area contributed by atoms with Gasteiger partial charge in [-0.05, 0) is 23.8 Å². The number of rotatable bonds is 3. The van der Waals surface area contributed by atoms with Crippen LogP contribution < -0.4 is 10.9 Å². The molecule has 2 aromatic heterocycles. The van der Waals surface area contributed by atoms with Crippen molar-refractivity contribution >= 4 is 16.7 Å². The fraction of sp³-hybridized carbons (Fsp3) is 0.125. The highest BCUT2D eigenvalue weighted by Gasteiger charge is 2.15. The molecule has 1 N–H and O–H groups in total. The van der Waals surface area contributed by atoms with Crippen LogP contribution in [0.5, 0.6) is 0 Å². The molecular formula is C16H14N4O2. The zero-order valence-corrected chi connectivity index (χ0v) is 12.0. The van der Waals surface area contributed by atoms with E-state index in [9.17, 15) is 9.59 Å². The fourth-order valence-electron chi connectivity index (χ4n) is 2.23. The van der Waals surface area contributed by atoms with E-state index in [1.165, 1.54) is 11.7 Å². The first-order valence-electron chi connectivity index (χ1n) is 6.80. The molecule has 6 heteroatoms. The van der Waals surface area contributed by atoms with Crippen molar-refractivity contribution in [2.45, 2.75) is 6.54 Å². The van der Waals surface area contributed by atoms with Gasteiger partial charge in [-0.3, -0.25) is 14.6 Å².